The number of ether oxygens (including phenoxy) is 1. The normalized spacial score (nSPS) is 10.7. The topological polar surface area (TPSA) is 55.4 Å². The maximum Gasteiger partial charge on any atom is 0.316 e. The van der Waals surface area contributed by atoms with Crippen LogP contribution >= 0.6 is 23.4 Å². The van der Waals surface area contributed by atoms with E-state index in [0.29, 0.717) is 5.02 Å². The van der Waals surface area contributed by atoms with Crippen LogP contribution in [-0.4, -0.2) is 24.2 Å². The molecule has 1 N–H and O–H groups in total. The molecule has 3 aromatic rings. The van der Waals surface area contributed by atoms with Crippen molar-refractivity contribution in [3.8, 4) is 0 Å². The average Bonchev–Trinajstić information content (AvgIpc) is 2.67. The number of esters is 1. The monoisotopic (exact) mass is 413 g/mol. The summed E-state index contributed by atoms with van der Waals surface area (Å²) in [7, 11) is 0. The van der Waals surface area contributed by atoms with Crippen LogP contribution in [-0.2, 0) is 14.3 Å². The summed E-state index contributed by atoms with van der Waals surface area (Å²) in [6.45, 7) is 3.54. The molecule has 0 saturated carbocycles. The van der Waals surface area contributed by atoms with Gasteiger partial charge in [0.2, 0.25) is 0 Å². The standard InChI is InChI=1S/C22H20ClNO3S/c1-14-9-10-15(2)18(11-14)24-20(25)12-27-21(26)13-28-19-8-4-6-16-5-3-7-17(23)22(16)19/h3-11H,12-13H2,1-2H3,(H,24,25). The quantitative estimate of drug-likeness (QED) is 0.435. The van der Waals surface area contributed by atoms with Crippen LogP contribution in [0.15, 0.2) is 59.5 Å². The van der Waals surface area contributed by atoms with Gasteiger partial charge >= 0.3 is 5.97 Å². The van der Waals surface area contributed by atoms with Crippen molar-refractivity contribution in [3.63, 3.8) is 0 Å². The van der Waals surface area contributed by atoms with Crippen molar-refractivity contribution >= 4 is 51.7 Å². The lowest BCUT2D eigenvalue weighted by molar-refractivity contribution is -0.144. The van der Waals surface area contributed by atoms with Crippen LogP contribution in [0.2, 0.25) is 5.02 Å². The number of thioether (sulfide) groups is 1. The highest BCUT2D eigenvalue weighted by molar-refractivity contribution is 8.00. The number of hydrogen-bond donors (Lipinski definition) is 1. The lowest BCUT2D eigenvalue weighted by Crippen LogP contribution is -2.22. The summed E-state index contributed by atoms with van der Waals surface area (Å²) < 4.78 is 5.11. The van der Waals surface area contributed by atoms with E-state index in [1.807, 2.05) is 68.4 Å². The number of nitrogens with one attached hydrogen (secondary N) is 1. The Labute approximate surface area is 173 Å². The molecule has 0 spiro atoms. The smallest absolute Gasteiger partial charge is 0.316 e. The third-order valence-electron chi connectivity index (χ3n) is 4.19. The van der Waals surface area contributed by atoms with Gasteiger partial charge in [0, 0.05) is 21.0 Å². The van der Waals surface area contributed by atoms with Crippen molar-refractivity contribution in [2.75, 3.05) is 17.7 Å². The number of anilines is 1. The van der Waals surface area contributed by atoms with Gasteiger partial charge in [-0.2, -0.15) is 0 Å². The summed E-state index contributed by atoms with van der Waals surface area (Å²) in [5, 5.41) is 5.34. The van der Waals surface area contributed by atoms with Gasteiger partial charge in [0.1, 0.15) is 0 Å². The minimum atomic E-state index is -0.454. The highest BCUT2D eigenvalue weighted by Gasteiger charge is 2.12. The van der Waals surface area contributed by atoms with Crippen molar-refractivity contribution in [2.24, 2.45) is 0 Å². The molecule has 144 valence electrons. The minimum Gasteiger partial charge on any atom is -0.455 e. The Morgan fingerprint density at radius 3 is 2.61 bits per heavy atom. The van der Waals surface area contributed by atoms with Gasteiger partial charge in [-0.25, -0.2) is 0 Å². The van der Waals surface area contributed by atoms with Crippen LogP contribution in [0, 0.1) is 13.8 Å². The van der Waals surface area contributed by atoms with Crippen LogP contribution < -0.4 is 5.32 Å². The van der Waals surface area contributed by atoms with Crippen molar-refractivity contribution in [3.05, 3.63) is 70.7 Å². The molecule has 0 fully saturated rings. The first-order valence-electron chi connectivity index (χ1n) is 8.77. The number of hydrogen-bond acceptors (Lipinski definition) is 4. The number of amides is 1. The number of fused-ring (bicyclic) bond motifs is 1. The van der Waals surface area contributed by atoms with Gasteiger partial charge in [-0.3, -0.25) is 9.59 Å². The molecule has 0 aliphatic heterocycles. The SMILES string of the molecule is Cc1ccc(C)c(NC(=O)COC(=O)CSc2cccc3cccc(Cl)c23)c1. The summed E-state index contributed by atoms with van der Waals surface area (Å²) in [4.78, 5) is 25.0. The summed E-state index contributed by atoms with van der Waals surface area (Å²) >= 11 is 7.64. The molecule has 0 saturated heterocycles. The lowest BCUT2D eigenvalue weighted by Gasteiger charge is -2.10. The molecule has 0 aromatic heterocycles. The number of benzene rings is 3. The van der Waals surface area contributed by atoms with Gasteiger partial charge < -0.3 is 10.1 Å². The average molecular weight is 414 g/mol. The molecule has 0 atom stereocenters. The van der Waals surface area contributed by atoms with Crippen LogP contribution in [0.1, 0.15) is 11.1 Å². The van der Waals surface area contributed by atoms with E-state index in [2.05, 4.69) is 5.32 Å². The number of carbonyl (C=O) groups is 2. The molecule has 3 rings (SSSR count). The van der Waals surface area contributed by atoms with E-state index in [4.69, 9.17) is 16.3 Å². The van der Waals surface area contributed by atoms with Crippen LogP contribution in [0.5, 0.6) is 0 Å². The second kappa shape index (κ2) is 9.13. The maximum atomic E-state index is 12.1. The Hall–Kier alpha value is -2.50. The molecule has 0 aliphatic rings. The highest BCUT2D eigenvalue weighted by Crippen LogP contribution is 2.33. The Morgan fingerprint density at radius 2 is 1.82 bits per heavy atom. The first-order chi connectivity index (χ1) is 13.4. The fraction of sp³-hybridized carbons (Fsp3) is 0.182. The predicted molar refractivity (Wildman–Crippen MR) is 115 cm³/mol. The minimum absolute atomic E-state index is 0.0983. The third kappa shape index (κ3) is 5.06. The summed E-state index contributed by atoms with van der Waals surface area (Å²) in [6, 6.07) is 17.3. The number of rotatable bonds is 6. The zero-order valence-electron chi connectivity index (χ0n) is 15.6. The Bertz CT molecular complexity index is 1030. The molecule has 0 radical (unpaired) electrons. The van der Waals surface area contributed by atoms with E-state index in [1.54, 1.807) is 0 Å². The number of halogens is 1. The van der Waals surface area contributed by atoms with E-state index in [-0.39, 0.29) is 18.3 Å². The van der Waals surface area contributed by atoms with Gasteiger partial charge in [0.05, 0.1) is 5.75 Å². The molecule has 0 bridgehead atoms. The molecular weight excluding hydrogens is 394 g/mol. The Morgan fingerprint density at radius 1 is 1.07 bits per heavy atom. The van der Waals surface area contributed by atoms with Crippen molar-refractivity contribution < 1.29 is 14.3 Å². The molecular formula is C22H20ClNO3S. The van der Waals surface area contributed by atoms with Gasteiger partial charge in [0.25, 0.3) is 5.91 Å². The van der Waals surface area contributed by atoms with E-state index < -0.39 is 5.97 Å². The maximum absolute atomic E-state index is 12.1. The first kappa shape index (κ1) is 20.2. The van der Waals surface area contributed by atoms with Gasteiger partial charge in [-0.1, -0.05) is 48.0 Å². The van der Waals surface area contributed by atoms with E-state index in [9.17, 15) is 9.59 Å². The number of aryl methyl sites for hydroxylation is 2. The first-order valence-corrected chi connectivity index (χ1v) is 10.1. The fourth-order valence-electron chi connectivity index (χ4n) is 2.76. The van der Waals surface area contributed by atoms with Gasteiger partial charge in [0.15, 0.2) is 6.61 Å². The van der Waals surface area contributed by atoms with Crippen molar-refractivity contribution in [1.29, 1.82) is 0 Å². The Kier molecular flexibility index (Phi) is 6.60. The van der Waals surface area contributed by atoms with Gasteiger partial charge in [-0.05, 0) is 48.6 Å². The van der Waals surface area contributed by atoms with Crippen LogP contribution in [0.3, 0.4) is 0 Å². The molecule has 3 aromatic carbocycles. The van der Waals surface area contributed by atoms with E-state index in [0.717, 1.165) is 32.5 Å². The molecule has 28 heavy (non-hydrogen) atoms. The zero-order valence-corrected chi connectivity index (χ0v) is 17.2. The molecule has 6 heteroatoms. The lowest BCUT2D eigenvalue weighted by atomic mass is 10.1. The third-order valence-corrected chi connectivity index (χ3v) is 5.54. The zero-order chi connectivity index (χ0) is 20.1. The highest BCUT2D eigenvalue weighted by atomic mass is 35.5. The Balaban J connectivity index is 1.54. The molecule has 1 amide bonds. The summed E-state index contributed by atoms with van der Waals surface area (Å²) in [6.07, 6.45) is 0. The van der Waals surface area contributed by atoms with Crippen LogP contribution in [0.4, 0.5) is 5.69 Å². The number of carbonyl (C=O) groups excluding carboxylic acids is 2. The fourth-order valence-corrected chi connectivity index (χ4v) is 4.01. The predicted octanol–water partition coefficient (Wildman–Crippen LogP) is 5.38. The van der Waals surface area contributed by atoms with E-state index in [1.165, 1.54) is 11.8 Å². The largest absolute Gasteiger partial charge is 0.455 e. The van der Waals surface area contributed by atoms with Crippen molar-refractivity contribution in [2.45, 2.75) is 18.7 Å². The molecule has 0 unspecified atom stereocenters. The van der Waals surface area contributed by atoms with Gasteiger partial charge in [-0.15, -0.1) is 11.8 Å². The summed E-state index contributed by atoms with van der Waals surface area (Å²) in [5.41, 5.74) is 2.72. The molecule has 4 nitrogen and oxygen atoms in total. The molecule has 0 heterocycles. The molecule has 0 aliphatic carbocycles. The van der Waals surface area contributed by atoms with E-state index >= 15 is 0 Å². The van der Waals surface area contributed by atoms with Crippen LogP contribution in [0.25, 0.3) is 10.8 Å². The summed E-state index contributed by atoms with van der Waals surface area (Å²) in [5.74, 6) is -0.716. The van der Waals surface area contributed by atoms with Crippen molar-refractivity contribution in [1.82, 2.24) is 0 Å². The second-order valence-corrected chi connectivity index (χ2v) is 7.83. The second-order valence-electron chi connectivity index (χ2n) is 6.41.